The lowest BCUT2D eigenvalue weighted by molar-refractivity contribution is -0.141. The van der Waals surface area contributed by atoms with Crippen LogP contribution in [0.1, 0.15) is 67.2 Å². The lowest BCUT2D eigenvalue weighted by Crippen LogP contribution is -2.46. The summed E-state index contributed by atoms with van der Waals surface area (Å²) in [7, 11) is 0. The van der Waals surface area contributed by atoms with Crippen LogP contribution in [0.5, 0.6) is 0 Å². The first kappa shape index (κ1) is 45.6. The second-order valence-corrected chi connectivity index (χ2v) is 10.6. The molecule has 0 bridgehead atoms. The molecule has 13 N–H and O–H groups in total. The zero-order valence-corrected chi connectivity index (χ0v) is 25.8. The van der Waals surface area contributed by atoms with Gasteiger partial charge in [-0.05, 0) is 37.9 Å². The first-order valence-electron chi connectivity index (χ1n) is 14.5. The fourth-order valence-corrected chi connectivity index (χ4v) is 3.72. The van der Waals surface area contributed by atoms with Gasteiger partial charge >= 0.3 is 5.97 Å². The Morgan fingerprint density at radius 1 is 1.11 bits per heavy atom. The Labute approximate surface area is 269 Å². The SMILES string of the molecule is C.C.CCCCNC(N)=S.C[C@@H](CNC(=O)C1CCN(C(=O)CCCNC2=NCC(O)CN2)CC1)C(=O)O.NCC(O)CN. The molecule has 0 saturated carbocycles. The van der Waals surface area contributed by atoms with Crippen molar-refractivity contribution in [3.8, 4) is 0 Å². The number of amides is 2. The Kier molecular flexibility index (Phi) is 28.8. The number of nitrogens with one attached hydrogen (secondary N) is 4. The second-order valence-electron chi connectivity index (χ2n) is 10.2. The molecule has 0 aromatic carbocycles. The second kappa shape index (κ2) is 27.7. The smallest absolute Gasteiger partial charge is 0.308 e. The Morgan fingerprint density at radius 3 is 2.18 bits per heavy atom. The molecule has 44 heavy (non-hydrogen) atoms. The summed E-state index contributed by atoms with van der Waals surface area (Å²) < 4.78 is 0. The Hall–Kier alpha value is -2.79. The first-order valence-corrected chi connectivity index (χ1v) is 15.0. The van der Waals surface area contributed by atoms with Crippen LogP contribution in [0.3, 0.4) is 0 Å². The van der Waals surface area contributed by atoms with E-state index in [4.69, 9.17) is 27.4 Å². The minimum Gasteiger partial charge on any atom is -0.481 e. The van der Waals surface area contributed by atoms with E-state index in [9.17, 15) is 19.5 Å². The molecule has 0 radical (unpaired) electrons. The minimum absolute atomic E-state index is 0. The molecule has 15 nitrogen and oxygen atoms in total. The lowest BCUT2D eigenvalue weighted by Gasteiger charge is -2.31. The van der Waals surface area contributed by atoms with Gasteiger partial charge < -0.3 is 58.7 Å². The van der Waals surface area contributed by atoms with E-state index in [1.165, 1.54) is 6.42 Å². The van der Waals surface area contributed by atoms with Crippen LogP contribution in [-0.4, -0.2) is 120 Å². The van der Waals surface area contributed by atoms with E-state index >= 15 is 0 Å². The molecule has 2 aliphatic rings. The van der Waals surface area contributed by atoms with Crippen molar-refractivity contribution >= 4 is 41.1 Å². The summed E-state index contributed by atoms with van der Waals surface area (Å²) in [6.45, 7) is 7.80. The summed E-state index contributed by atoms with van der Waals surface area (Å²) in [5.74, 6) is -1.11. The third-order valence-electron chi connectivity index (χ3n) is 6.42. The number of carboxylic acids is 1. The quantitative estimate of drug-likeness (QED) is 0.0840. The van der Waals surface area contributed by atoms with Crippen LogP contribution >= 0.6 is 12.2 Å². The average molecular weight is 652 g/mol. The van der Waals surface area contributed by atoms with Crippen molar-refractivity contribution in [2.24, 2.45) is 34.0 Å². The summed E-state index contributed by atoms with van der Waals surface area (Å²) in [6.07, 6.45) is 3.65. The molecule has 0 aromatic rings. The molecule has 1 saturated heterocycles. The number of aliphatic hydroxyl groups excluding tert-OH is 2. The number of piperidine rings is 1. The molecule has 0 spiro atoms. The van der Waals surface area contributed by atoms with E-state index in [2.05, 4.69) is 45.4 Å². The first-order chi connectivity index (χ1) is 19.9. The molecule has 2 rings (SSSR count). The molecule has 2 heterocycles. The van der Waals surface area contributed by atoms with Gasteiger partial charge in [-0.3, -0.25) is 19.4 Å². The van der Waals surface area contributed by atoms with Crippen molar-refractivity contribution in [2.75, 3.05) is 58.9 Å². The highest BCUT2D eigenvalue weighted by molar-refractivity contribution is 7.80. The molecule has 1 fully saturated rings. The van der Waals surface area contributed by atoms with Crippen molar-refractivity contribution < 1.29 is 29.7 Å². The number of hydrogen-bond donors (Lipinski definition) is 10. The van der Waals surface area contributed by atoms with E-state index in [0.29, 0.717) is 69.5 Å². The molecule has 1 unspecified atom stereocenters. The number of nitrogens with two attached hydrogens (primary N) is 3. The fraction of sp³-hybridized carbons (Fsp3) is 0.821. The van der Waals surface area contributed by atoms with Crippen molar-refractivity contribution in [1.82, 2.24) is 26.2 Å². The number of hydrogen-bond acceptors (Lipinski definition) is 11. The van der Waals surface area contributed by atoms with Gasteiger partial charge in [-0.25, -0.2) is 0 Å². The number of aliphatic carboxylic acids is 1. The predicted octanol–water partition coefficient (Wildman–Crippen LogP) is -1.09. The number of carbonyl (C=O) groups is 3. The van der Waals surface area contributed by atoms with Crippen LogP contribution in [0.25, 0.3) is 0 Å². The number of rotatable bonds is 13. The minimum atomic E-state index is -0.931. The van der Waals surface area contributed by atoms with Gasteiger partial charge in [-0.2, -0.15) is 0 Å². The third kappa shape index (κ3) is 22.7. The number of carboxylic acid groups (broad SMARTS) is 1. The summed E-state index contributed by atoms with van der Waals surface area (Å²) in [5, 5.41) is 38.7. The summed E-state index contributed by atoms with van der Waals surface area (Å²) >= 11 is 4.58. The van der Waals surface area contributed by atoms with Crippen molar-refractivity contribution in [3.05, 3.63) is 0 Å². The number of β-amino-alcohol motifs (C(OH)–C–C–N with tert-alkyl or cyclic N) is 1. The number of nitrogens with zero attached hydrogens (tertiary/aromatic N) is 2. The summed E-state index contributed by atoms with van der Waals surface area (Å²) in [4.78, 5) is 41.2. The molecule has 0 aliphatic carbocycles. The topological polar surface area (TPSA) is 254 Å². The van der Waals surface area contributed by atoms with Crippen LogP contribution in [0.2, 0.25) is 0 Å². The van der Waals surface area contributed by atoms with Crippen molar-refractivity contribution in [2.45, 2.75) is 79.4 Å². The Balaban J connectivity index is -0.000000877. The van der Waals surface area contributed by atoms with Gasteiger partial charge in [0.15, 0.2) is 11.1 Å². The normalized spacial score (nSPS) is 16.5. The van der Waals surface area contributed by atoms with Gasteiger partial charge in [-0.15, -0.1) is 0 Å². The van der Waals surface area contributed by atoms with E-state index in [-0.39, 0.29) is 52.2 Å². The summed E-state index contributed by atoms with van der Waals surface area (Å²) in [6, 6.07) is 0. The highest BCUT2D eigenvalue weighted by Crippen LogP contribution is 2.18. The maximum atomic E-state index is 12.3. The standard InChI is InChI=1S/C18H31N5O5.C5H12N2S.C3H10N2O.2CH4/c1-12(17(27)28)9-20-16(26)13-4-7-23(8-5-13)15(25)3-2-6-19-18-21-10-14(24)11-22-18;1-2-3-4-7-5(6)8;4-1-3(6)2-5;;/h12-14,24H,2-11H2,1H3,(H,20,26)(H,27,28)(H2,19,21,22);2-4H2,1H3,(H3,6,7,8);3,6H,1-2,4-5H2;2*1H4/t12-;;;;/m0..../s1. The van der Waals surface area contributed by atoms with Gasteiger partial charge in [0.1, 0.15) is 0 Å². The maximum Gasteiger partial charge on any atom is 0.308 e. The number of likely N-dealkylation sites (tertiary alicyclic amines) is 1. The molecule has 2 atom stereocenters. The van der Waals surface area contributed by atoms with Gasteiger partial charge in [0.05, 0.1) is 24.7 Å². The predicted molar refractivity (Wildman–Crippen MR) is 180 cm³/mol. The highest BCUT2D eigenvalue weighted by Gasteiger charge is 2.27. The largest absolute Gasteiger partial charge is 0.481 e. The molecular weight excluding hydrogens is 590 g/mol. The van der Waals surface area contributed by atoms with Crippen LogP contribution in [0.15, 0.2) is 4.99 Å². The van der Waals surface area contributed by atoms with Gasteiger partial charge in [0.25, 0.3) is 0 Å². The number of unbranched alkanes of at least 4 members (excludes halogenated alkanes) is 1. The highest BCUT2D eigenvalue weighted by atomic mass is 32.1. The Morgan fingerprint density at radius 2 is 1.73 bits per heavy atom. The van der Waals surface area contributed by atoms with Crippen LogP contribution in [0, 0.1) is 11.8 Å². The molecule has 260 valence electrons. The Bertz CT molecular complexity index is 825. The van der Waals surface area contributed by atoms with E-state index in [1.807, 2.05) is 0 Å². The van der Waals surface area contributed by atoms with Gasteiger partial charge in [0, 0.05) is 64.7 Å². The van der Waals surface area contributed by atoms with Crippen LogP contribution < -0.4 is 38.5 Å². The van der Waals surface area contributed by atoms with Crippen molar-refractivity contribution in [3.63, 3.8) is 0 Å². The van der Waals surface area contributed by atoms with Crippen molar-refractivity contribution in [1.29, 1.82) is 0 Å². The van der Waals surface area contributed by atoms with Gasteiger partial charge in [0.2, 0.25) is 11.8 Å². The number of aliphatic hydroxyl groups is 2. The average Bonchev–Trinajstić information content (AvgIpc) is 2.98. The molecule has 2 amide bonds. The number of carbonyl (C=O) groups excluding carboxylic acids is 2. The molecule has 16 heteroatoms. The molecule has 0 aromatic heterocycles. The monoisotopic (exact) mass is 651 g/mol. The zero-order chi connectivity index (χ0) is 31.9. The number of aliphatic imine (C=N–C) groups is 1. The fourth-order valence-electron chi connectivity index (χ4n) is 3.62. The van der Waals surface area contributed by atoms with Crippen LogP contribution in [-0.2, 0) is 14.4 Å². The van der Waals surface area contributed by atoms with E-state index in [1.54, 1.807) is 11.8 Å². The number of thiocarbonyl (C=S) groups is 1. The van der Waals surface area contributed by atoms with Gasteiger partial charge in [-0.1, -0.05) is 35.1 Å². The maximum absolute atomic E-state index is 12.3. The number of guanidine groups is 1. The lowest BCUT2D eigenvalue weighted by atomic mass is 9.95. The zero-order valence-electron chi connectivity index (χ0n) is 25.0. The van der Waals surface area contributed by atoms with Crippen LogP contribution in [0.4, 0.5) is 0 Å². The molecular formula is C28H61N9O6S. The van der Waals surface area contributed by atoms with E-state index in [0.717, 1.165) is 13.0 Å². The van der Waals surface area contributed by atoms with E-state index < -0.39 is 24.1 Å². The molecule has 2 aliphatic heterocycles. The third-order valence-corrected chi connectivity index (χ3v) is 6.57. The summed E-state index contributed by atoms with van der Waals surface area (Å²) in [5.41, 5.74) is 15.1.